The quantitative estimate of drug-likeness (QED) is 0.374. The van der Waals surface area contributed by atoms with Gasteiger partial charge in [-0.15, -0.1) is 11.3 Å². The van der Waals surface area contributed by atoms with Crippen LogP contribution in [0.2, 0.25) is 0 Å². The Bertz CT molecular complexity index is 1300. The summed E-state index contributed by atoms with van der Waals surface area (Å²) < 4.78 is 2.06. The molecule has 6 nitrogen and oxygen atoms in total. The number of nitrogens with zero attached hydrogens (tertiary/aromatic N) is 4. The number of thiazole rings is 1. The Morgan fingerprint density at radius 2 is 1.82 bits per heavy atom. The lowest BCUT2D eigenvalue weighted by Crippen LogP contribution is -2.36. The minimum atomic E-state index is -0.287. The van der Waals surface area contributed by atoms with E-state index in [0.717, 1.165) is 34.1 Å². The van der Waals surface area contributed by atoms with Crippen LogP contribution in [0.15, 0.2) is 77.2 Å². The van der Waals surface area contributed by atoms with Crippen LogP contribution in [-0.2, 0) is 19.4 Å². The number of carbonyl (C=O) groups is 1. The van der Waals surface area contributed by atoms with E-state index in [4.69, 9.17) is 0 Å². The molecule has 1 unspecified atom stereocenters. The molecule has 0 spiro atoms. The van der Waals surface area contributed by atoms with Gasteiger partial charge in [0.2, 0.25) is 0 Å². The number of hydrogen-bond acceptors (Lipinski definition) is 5. The largest absolute Gasteiger partial charge is 0.342 e. The Balaban J connectivity index is 1.77. The van der Waals surface area contributed by atoms with Crippen molar-refractivity contribution in [3.05, 3.63) is 116 Å². The topological polar surface area (TPSA) is 68.1 Å². The number of amides is 1. The monoisotopic (exact) mass is 472 g/mol. The van der Waals surface area contributed by atoms with Gasteiger partial charge in [0.1, 0.15) is 10.6 Å². The lowest BCUT2D eigenvalue weighted by atomic mass is 10.0. The van der Waals surface area contributed by atoms with Crippen LogP contribution in [0.1, 0.15) is 51.0 Å². The molecule has 0 aliphatic heterocycles. The van der Waals surface area contributed by atoms with Crippen LogP contribution >= 0.6 is 11.3 Å². The van der Waals surface area contributed by atoms with Crippen molar-refractivity contribution >= 4 is 17.2 Å². The van der Waals surface area contributed by atoms with E-state index in [2.05, 4.69) is 26.7 Å². The molecule has 4 aromatic rings. The Morgan fingerprint density at radius 1 is 1.06 bits per heavy atom. The predicted octanol–water partition coefficient (Wildman–Crippen LogP) is 4.67. The van der Waals surface area contributed by atoms with Gasteiger partial charge in [0, 0.05) is 42.3 Å². The Hall–Kier alpha value is -3.58. The first kappa shape index (κ1) is 23.6. The third-order valence-corrected chi connectivity index (χ3v) is 7.04. The molecule has 0 fully saturated rings. The zero-order valence-corrected chi connectivity index (χ0v) is 20.5. The maximum atomic E-state index is 13.7. The molecule has 1 amide bonds. The predicted molar refractivity (Wildman–Crippen MR) is 135 cm³/mol. The van der Waals surface area contributed by atoms with E-state index in [1.165, 1.54) is 11.3 Å². The van der Waals surface area contributed by atoms with E-state index in [1.807, 2.05) is 55.6 Å². The molecule has 0 N–H and O–H groups in total. The summed E-state index contributed by atoms with van der Waals surface area (Å²) in [6.45, 7) is 4.33. The average Bonchev–Trinajstić information content (AvgIpc) is 3.39. The van der Waals surface area contributed by atoms with Crippen molar-refractivity contribution in [3.8, 4) is 0 Å². The van der Waals surface area contributed by atoms with Crippen molar-refractivity contribution in [2.75, 3.05) is 7.05 Å². The third-order valence-electron chi connectivity index (χ3n) is 6.09. The second-order valence-corrected chi connectivity index (χ2v) is 9.25. The maximum absolute atomic E-state index is 13.7. The van der Waals surface area contributed by atoms with Crippen molar-refractivity contribution in [3.63, 3.8) is 0 Å². The van der Waals surface area contributed by atoms with E-state index in [0.29, 0.717) is 13.0 Å². The number of aryl methyl sites for hydroxylation is 2. The van der Waals surface area contributed by atoms with E-state index < -0.39 is 0 Å². The molecule has 1 atom stereocenters. The molecule has 7 heteroatoms. The van der Waals surface area contributed by atoms with Crippen molar-refractivity contribution < 1.29 is 4.79 Å². The number of rotatable bonds is 8. The summed E-state index contributed by atoms with van der Waals surface area (Å²) in [5.41, 5.74) is 3.56. The number of aromatic nitrogens is 3. The summed E-state index contributed by atoms with van der Waals surface area (Å²) in [6.07, 6.45) is 4.77. The first-order chi connectivity index (χ1) is 16.5. The first-order valence-corrected chi connectivity index (χ1v) is 12.2. The summed E-state index contributed by atoms with van der Waals surface area (Å²) in [5.74, 6) is -0.287. The number of hydrogen-bond donors (Lipinski definition) is 0. The molecule has 4 rings (SSSR count). The number of benzene rings is 1. The lowest BCUT2D eigenvalue weighted by molar-refractivity contribution is 0.0738. The van der Waals surface area contributed by atoms with E-state index >= 15 is 0 Å². The second-order valence-electron chi connectivity index (χ2n) is 8.33. The maximum Gasteiger partial charge on any atom is 0.259 e. The summed E-state index contributed by atoms with van der Waals surface area (Å²) in [6, 6.07) is 17.2. The molecule has 174 valence electrons. The van der Waals surface area contributed by atoms with Crippen molar-refractivity contribution in [1.29, 1.82) is 0 Å². The molecule has 3 heterocycles. The van der Waals surface area contributed by atoms with Crippen molar-refractivity contribution in [2.24, 2.45) is 0 Å². The second kappa shape index (κ2) is 10.6. The smallest absolute Gasteiger partial charge is 0.259 e. The molecule has 0 saturated carbocycles. The fraction of sp³-hybridized carbons (Fsp3) is 0.259. The van der Waals surface area contributed by atoms with Gasteiger partial charge in [0.15, 0.2) is 5.43 Å². The van der Waals surface area contributed by atoms with Crippen LogP contribution in [0, 0.1) is 6.92 Å². The molecule has 1 aromatic carbocycles. The molecule has 0 aliphatic rings. The zero-order valence-electron chi connectivity index (χ0n) is 19.6. The number of pyridine rings is 2. The highest BCUT2D eigenvalue weighted by Gasteiger charge is 2.27. The molecular weight excluding hydrogens is 444 g/mol. The average molecular weight is 473 g/mol. The highest BCUT2D eigenvalue weighted by Crippen LogP contribution is 2.24. The van der Waals surface area contributed by atoms with Gasteiger partial charge in [0.05, 0.1) is 18.3 Å². The Kier molecular flexibility index (Phi) is 7.33. The van der Waals surface area contributed by atoms with Gasteiger partial charge < -0.3 is 9.47 Å². The van der Waals surface area contributed by atoms with Crippen LogP contribution < -0.4 is 5.43 Å². The normalized spacial score (nSPS) is 11.9. The van der Waals surface area contributed by atoms with Crippen LogP contribution in [0.5, 0.6) is 0 Å². The minimum absolute atomic E-state index is 0.225. The standard InChI is InChI=1S/C27H28N4O2S/c1-19-17-24(32)25(27(33)30(3)20(2)26-29-15-16-34-26)23(13-12-21-9-5-4-6-10-21)31(19)18-22-11-7-8-14-28-22/h4-11,14-17,20H,12-13,18H2,1-3H3. The van der Waals surface area contributed by atoms with Gasteiger partial charge in [-0.05, 0) is 44.4 Å². The molecule has 0 radical (unpaired) electrons. The van der Waals surface area contributed by atoms with Crippen molar-refractivity contribution in [1.82, 2.24) is 19.4 Å². The summed E-state index contributed by atoms with van der Waals surface area (Å²) in [4.78, 5) is 37.4. The van der Waals surface area contributed by atoms with Gasteiger partial charge in [-0.2, -0.15) is 0 Å². The van der Waals surface area contributed by atoms with Crippen LogP contribution in [-0.4, -0.2) is 32.4 Å². The number of carbonyl (C=O) groups excluding carboxylic acids is 1. The molecule has 0 aliphatic carbocycles. The van der Waals surface area contributed by atoms with Gasteiger partial charge in [-0.25, -0.2) is 4.98 Å². The molecule has 0 bridgehead atoms. The van der Waals surface area contributed by atoms with E-state index in [1.54, 1.807) is 30.4 Å². The molecule has 34 heavy (non-hydrogen) atoms. The molecule has 3 aromatic heterocycles. The van der Waals surface area contributed by atoms with Gasteiger partial charge >= 0.3 is 0 Å². The third kappa shape index (κ3) is 5.15. The Labute approximate surface area is 203 Å². The van der Waals surface area contributed by atoms with Gasteiger partial charge in [-0.1, -0.05) is 36.4 Å². The fourth-order valence-electron chi connectivity index (χ4n) is 4.06. The van der Waals surface area contributed by atoms with Gasteiger partial charge in [0.25, 0.3) is 5.91 Å². The summed E-state index contributed by atoms with van der Waals surface area (Å²) in [5, 5.41) is 2.73. The van der Waals surface area contributed by atoms with E-state index in [9.17, 15) is 9.59 Å². The molecular formula is C27H28N4O2S. The highest BCUT2D eigenvalue weighted by molar-refractivity contribution is 7.09. The minimum Gasteiger partial charge on any atom is -0.342 e. The fourth-order valence-corrected chi connectivity index (χ4v) is 4.80. The Morgan fingerprint density at radius 3 is 2.50 bits per heavy atom. The SMILES string of the molecule is Cc1cc(=O)c(C(=O)N(C)C(C)c2nccs2)c(CCc2ccccc2)n1Cc1ccccn1. The van der Waals surface area contributed by atoms with Crippen LogP contribution in [0.25, 0.3) is 0 Å². The highest BCUT2D eigenvalue weighted by atomic mass is 32.1. The van der Waals surface area contributed by atoms with Gasteiger partial charge in [-0.3, -0.25) is 14.6 Å². The summed E-state index contributed by atoms with van der Waals surface area (Å²) in [7, 11) is 1.73. The van der Waals surface area contributed by atoms with Crippen LogP contribution in [0.4, 0.5) is 0 Å². The first-order valence-electron chi connectivity index (χ1n) is 11.3. The van der Waals surface area contributed by atoms with Crippen molar-refractivity contribution in [2.45, 2.75) is 39.3 Å². The lowest BCUT2D eigenvalue weighted by Gasteiger charge is -2.26. The molecule has 0 saturated heterocycles. The van der Waals surface area contributed by atoms with Crippen LogP contribution in [0.3, 0.4) is 0 Å². The summed E-state index contributed by atoms with van der Waals surface area (Å²) >= 11 is 1.50. The van der Waals surface area contributed by atoms with E-state index in [-0.39, 0.29) is 22.9 Å². The zero-order chi connectivity index (χ0) is 24.1.